The van der Waals surface area contributed by atoms with Crippen LogP contribution in [0.4, 0.5) is 0 Å². The van der Waals surface area contributed by atoms with Crippen molar-refractivity contribution in [2.45, 2.75) is 32.1 Å². The van der Waals surface area contributed by atoms with Gasteiger partial charge in [0, 0.05) is 6.54 Å². The van der Waals surface area contributed by atoms with E-state index >= 15 is 0 Å². The van der Waals surface area contributed by atoms with Crippen LogP contribution in [0.3, 0.4) is 0 Å². The van der Waals surface area contributed by atoms with Gasteiger partial charge in [-0.2, -0.15) is 0 Å². The van der Waals surface area contributed by atoms with E-state index in [1.165, 1.54) is 0 Å². The van der Waals surface area contributed by atoms with E-state index in [2.05, 4.69) is 10.6 Å². The third-order valence-electron chi connectivity index (χ3n) is 3.56. The van der Waals surface area contributed by atoms with Crippen molar-refractivity contribution < 1.29 is 19.0 Å². The van der Waals surface area contributed by atoms with Crippen molar-refractivity contribution in [1.29, 1.82) is 0 Å². The molecule has 0 bridgehead atoms. The predicted octanol–water partition coefficient (Wildman–Crippen LogP) is 1.38. The lowest BCUT2D eigenvalue weighted by atomic mass is 10.1. The molecule has 0 saturated carbocycles. The van der Waals surface area contributed by atoms with Crippen LogP contribution in [-0.4, -0.2) is 51.0 Å². The second-order valence-corrected chi connectivity index (χ2v) is 5.33. The van der Waals surface area contributed by atoms with Gasteiger partial charge in [0.15, 0.2) is 11.5 Å². The molecule has 1 amide bonds. The average molecular weight is 345 g/mol. The average Bonchev–Trinajstić information content (AvgIpc) is 2.53. The highest BCUT2D eigenvalue weighted by atomic mass is 35.5. The maximum absolute atomic E-state index is 12.2. The quantitative estimate of drug-likeness (QED) is 0.816. The van der Waals surface area contributed by atoms with Crippen molar-refractivity contribution >= 4 is 18.3 Å². The first kappa shape index (κ1) is 19.5. The summed E-state index contributed by atoms with van der Waals surface area (Å²) in [6, 6.07) is 7.14. The fourth-order valence-electron chi connectivity index (χ4n) is 2.36. The molecule has 1 aromatic rings. The molecule has 2 N–H and O–H groups in total. The molecule has 1 aliphatic heterocycles. The first-order valence-corrected chi connectivity index (χ1v) is 7.54. The van der Waals surface area contributed by atoms with Crippen molar-refractivity contribution in [3.05, 3.63) is 24.3 Å². The molecule has 2 rings (SSSR count). The minimum atomic E-state index is -0.313. The van der Waals surface area contributed by atoms with Crippen LogP contribution in [0.1, 0.15) is 13.8 Å². The molecule has 0 aliphatic carbocycles. The van der Waals surface area contributed by atoms with E-state index in [-0.39, 0.29) is 36.6 Å². The molecule has 1 unspecified atom stereocenters. The van der Waals surface area contributed by atoms with Gasteiger partial charge in [0.05, 0.1) is 26.4 Å². The summed E-state index contributed by atoms with van der Waals surface area (Å²) < 4.78 is 16.5. The van der Waals surface area contributed by atoms with E-state index < -0.39 is 0 Å². The highest BCUT2D eigenvalue weighted by molar-refractivity contribution is 5.85. The third kappa shape index (κ3) is 5.57. The van der Waals surface area contributed by atoms with E-state index in [0.717, 1.165) is 0 Å². The Labute approximate surface area is 143 Å². The lowest BCUT2D eigenvalue weighted by molar-refractivity contribution is -0.129. The monoisotopic (exact) mass is 344 g/mol. The lowest BCUT2D eigenvalue weighted by Gasteiger charge is -2.29. The SMILES string of the molecule is COc1ccccc1OC(C)CNC(=O)[C@H]1NCCO[C@@H]1C.Cl. The number of morpholine rings is 1. The van der Waals surface area contributed by atoms with Crippen molar-refractivity contribution in [2.75, 3.05) is 26.8 Å². The second kappa shape index (κ2) is 9.60. The molecule has 130 valence electrons. The van der Waals surface area contributed by atoms with Crippen molar-refractivity contribution in [3.63, 3.8) is 0 Å². The summed E-state index contributed by atoms with van der Waals surface area (Å²) in [5, 5.41) is 6.06. The Morgan fingerprint density at radius 2 is 2.13 bits per heavy atom. The fraction of sp³-hybridized carbons (Fsp3) is 0.562. The van der Waals surface area contributed by atoms with Crippen LogP contribution in [0.5, 0.6) is 11.5 Å². The van der Waals surface area contributed by atoms with E-state index in [1.54, 1.807) is 7.11 Å². The first-order chi connectivity index (χ1) is 10.6. The number of halogens is 1. The summed E-state index contributed by atoms with van der Waals surface area (Å²) >= 11 is 0. The highest BCUT2D eigenvalue weighted by Crippen LogP contribution is 2.26. The van der Waals surface area contributed by atoms with Gasteiger partial charge >= 0.3 is 0 Å². The van der Waals surface area contributed by atoms with Crippen LogP contribution in [-0.2, 0) is 9.53 Å². The number of nitrogens with one attached hydrogen (secondary N) is 2. The number of ether oxygens (including phenoxy) is 3. The van der Waals surface area contributed by atoms with Gasteiger partial charge < -0.3 is 24.8 Å². The molecule has 1 aliphatic rings. The van der Waals surface area contributed by atoms with Crippen LogP contribution in [0, 0.1) is 0 Å². The number of methoxy groups -OCH3 is 1. The Balaban J connectivity index is 0.00000264. The number of carbonyl (C=O) groups is 1. The molecule has 7 heteroatoms. The molecule has 0 spiro atoms. The van der Waals surface area contributed by atoms with E-state index in [0.29, 0.717) is 31.2 Å². The number of para-hydroxylation sites is 2. The van der Waals surface area contributed by atoms with Gasteiger partial charge in [-0.3, -0.25) is 4.79 Å². The number of amides is 1. The Kier molecular flexibility index (Phi) is 8.16. The summed E-state index contributed by atoms with van der Waals surface area (Å²) in [5.74, 6) is 1.28. The van der Waals surface area contributed by atoms with Crippen LogP contribution >= 0.6 is 12.4 Å². The van der Waals surface area contributed by atoms with Gasteiger partial charge in [-0.25, -0.2) is 0 Å². The zero-order valence-corrected chi connectivity index (χ0v) is 14.5. The summed E-state index contributed by atoms with van der Waals surface area (Å²) in [7, 11) is 1.60. The Bertz CT molecular complexity index is 501. The molecule has 1 saturated heterocycles. The molecular weight excluding hydrogens is 320 g/mol. The summed E-state index contributed by atoms with van der Waals surface area (Å²) in [6.45, 7) is 5.54. The number of hydrogen-bond acceptors (Lipinski definition) is 5. The molecule has 1 aromatic carbocycles. The van der Waals surface area contributed by atoms with Crippen LogP contribution < -0.4 is 20.1 Å². The summed E-state index contributed by atoms with van der Waals surface area (Å²) in [5.41, 5.74) is 0. The maximum atomic E-state index is 12.2. The maximum Gasteiger partial charge on any atom is 0.239 e. The Hall–Kier alpha value is -1.50. The smallest absolute Gasteiger partial charge is 0.239 e. The Morgan fingerprint density at radius 3 is 2.78 bits per heavy atom. The van der Waals surface area contributed by atoms with Crippen molar-refractivity contribution in [3.8, 4) is 11.5 Å². The van der Waals surface area contributed by atoms with Crippen molar-refractivity contribution in [1.82, 2.24) is 10.6 Å². The molecule has 0 aromatic heterocycles. The zero-order chi connectivity index (χ0) is 15.9. The third-order valence-corrected chi connectivity index (χ3v) is 3.56. The summed E-state index contributed by atoms with van der Waals surface area (Å²) in [4.78, 5) is 12.2. The van der Waals surface area contributed by atoms with Gasteiger partial charge in [0.25, 0.3) is 0 Å². The fourth-order valence-corrected chi connectivity index (χ4v) is 2.36. The van der Waals surface area contributed by atoms with Gasteiger partial charge in [0.1, 0.15) is 12.1 Å². The summed E-state index contributed by atoms with van der Waals surface area (Å²) in [6.07, 6.45) is -0.292. The number of benzene rings is 1. The van der Waals surface area contributed by atoms with Crippen LogP contribution in [0.25, 0.3) is 0 Å². The van der Waals surface area contributed by atoms with E-state index in [9.17, 15) is 4.79 Å². The lowest BCUT2D eigenvalue weighted by Crippen LogP contribution is -2.56. The number of hydrogen-bond donors (Lipinski definition) is 2. The minimum absolute atomic E-state index is 0. The number of carbonyl (C=O) groups excluding carboxylic acids is 1. The molecule has 6 nitrogen and oxygen atoms in total. The minimum Gasteiger partial charge on any atom is -0.493 e. The second-order valence-electron chi connectivity index (χ2n) is 5.33. The molecular formula is C16H25ClN2O4. The predicted molar refractivity (Wildman–Crippen MR) is 90.5 cm³/mol. The molecule has 3 atom stereocenters. The van der Waals surface area contributed by atoms with Crippen LogP contribution in [0.15, 0.2) is 24.3 Å². The largest absolute Gasteiger partial charge is 0.493 e. The van der Waals surface area contributed by atoms with Gasteiger partial charge in [-0.05, 0) is 26.0 Å². The molecule has 0 radical (unpaired) electrons. The van der Waals surface area contributed by atoms with Gasteiger partial charge in [0.2, 0.25) is 5.91 Å². The Morgan fingerprint density at radius 1 is 1.43 bits per heavy atom. The molecule has 1 fully saturated rings. The molecule has 23 heavy (non-hydrogen) atoms. The normalized spacial score (nSPS) is 21.7. The van der Waals surface area contributed by atoms with Gasteiger partial charge in [-0.15, -0.1) is 12.4 Å². The highest BCUT2D eigenvalue weighted by Gasteiger charge is 2.28. The standard InChI is InChI=1S/C16H24N2O4.ClH/c1-11(22-14-7-5-4-6-13(14)20-3)10-18-16(19)15-12(2)21-9-8-17-15;/h4-7,11-12,15,17H,8-10H2,1-3H3,(H,18,19);1H/t11?,12-,15+;/m1./s1. The molecule has 1 heterocycles. The number of rotatable bonds is 6. The van der Waals surface area contributed by atoms with Crippen LogP contribution in [0.2, 0.25) is 0 Å². The van der Waals surface area contributed by atoms with Gasteiger partial charge in [-0.1, -0.05) is 12.1 Å². The van der Waals surface area contributed by atoms with E-state index in [4.69, 9.17) is 14.2 Å². The first-order valence-electron chi connectivity index (χ1n) is 7.54. The van der Waals surface area contributed by atoms with Crippen molar-refractivity contribution in [2.24, 2.45) is 0 Å². The van der Waals surface area contributed by atoms with E-state index in [1.807, 2.05) is 38.1 Å². The topological polar surface area (TPSA) is 68.8 Å². The zero-order valence-electron chi connectivity index (χ0n) is 13.7.